The van der Waals surface area contributed by atoms with Crippen LogP contribution >= 0.6 is 0 Å². The zero-order valence-electron chi connectivity index (χ0n) is 24.5. The van der Waals surface area contributed by atoms with Crippen LogP contribution in [0.1, 0.15) is 72.1 Å². The van der Waals surface area contributed by atoms with E-state index in [0.29, 0.717) is 38.5 Å². The number of esters is 2. The summed E-state index contributed by atoms with van der Waals surface area (Å²) in [6.45, 7) is 5.00. The van der Waals surface area contributed by atoms with Crippen LogP contribution in [0.15, 0.2) is 11.6 Å². The van der Waals surface area contributed by atoms with E-state index in [9.17, 15) is 34.8 Å². The number of carbonyl (C=O) groups excluding carboxylic acids is 3. The van der Waals surface area contributed by atoms with Crippen molar-refractivity contribution in [1.29, 1.82) is 0 Å². The van der Waals surface area contributed by atoms with Gasteiger partial charge in [-0.2, -0.15) is 0 Å². The maximum absolute atomic E-state index is 13.0. The van der Waals surface area contributed by atoms with Gasteiger partial charge in [-0.05, 0) is 75.2 Å². The minimum absolute atomic E-state index is 0.0154. The summed E-state index contributed by atoms with van der Waals surface area (Å²) in [4.78, 5) is 36.4. The van der Waals surface area contributed by atoms with Crippen LogP contribution in [0, 0.1) is 34.5 Å². The second kappa shape index (κ2) is 10.6. The standard InChI is InChI=1S/C31H44O11/c1-15-25(36)27(41-16(2)33)26(37)28(40-15)42-19-6-9-30(14-32)18(11-19)4-5-21-20(30)7-8-29(3)24(17-10-23(35)39-13-17)22(34)12-31(21,29)38/h10,14-15,18-22,24-28,34,36-38H,4-9,11-13H2,1-3H3/t15-,18-,19+,20-,21+,22+,24+,25+,26-,27-,28+,29-,30-,31+/m1/s1. The lowest BCUT2D eigenvalue weighted by Crippen LogP contribution is -2.63. The van der Waals surface area contributed by atoms with Gasteiger partial charge in [-0.3, -0.25) is 4.79 Å². The summed E-state index contributed by atoms with van der Waals surface area (Å²) in [7, 11) is 0. The van der Waals surface area contributed by atoms with Gasteiger partial charge < -0.3 is 44.2 Å². The Morgan fingerprint density at radius 3 is 2.52 bits per heavy atom. The molecule has 6 aliphatic rings. The minimum atomic E-state index is -1.36. The third kappa shape index (κ3) is 4.41. The lowest BCUT2D eigenvalue weighted by atomic mass is 9.43. The second-order valence-electron chi connectivity index (χ2n) is 14.0. The van der Waals surface area contributed by atoms with E-state index in [1.807, 2.05) is 6.92 Å². The fourth-order valence-corrected chi connectivity index (χ4v) is 10.1. The number of cyclic esters (lactones) is 1. The first-order valence-corrected chi connectivity index (χ1v) is 15.4. The Hall–Kier alpha value is -1.89. The van der Waals surface area contributed by atoms with Crippen LogP contribution < -0.4 is 0 Å². The highest BCUT2D eigenvalue weighted by Crippen LogP contribution is 2.69. The van der Waals surface area contributed by atoms with E-state index in [4.69, 9.17) is 18.9 Å². The Morgan fingerprint density at radius 2 is 1.86 bits per heavy atom. The predicted molar refractivity (Wildman–Crippen MR) is 144 cm³/mol. The molecule has 42 heavy (non-hydrogen) atoms. The molecule has 0 bridgehead atoms. The fraction of sp³-hybridized carbons (Fsp3) is 0.839. The number of hydrogen-bond donors (Lipinski definition) is 4. The number of ether oxygens (including phenoxy) is 4. The van der Waals surface area contributed by atoms with Crippen molar-refractivity contribution in [2.45, 2.75) is 121 Å². The Balaban J connectivity index is 1.19. The van der Waals surface area contributed by atoms with Crippen LogP contribution in [0.3, 0.4) is 0 Å². The molecule has 2 aliphatic heterocycles. The number of aliphatic hydroxyl groups is 4. The molecule has 234 valence electrons. The minimum Gasteiger partial charge on any atom is -0.458 e. The zero-order valence-corrected chi connectivity index (χ0v) is 24.5. The van der Waals surface area contributed by atoms with Crippen LogP contribution in [-0.2, 0) is 33.3 Å². The van der Waals surface area contributed by atoms with Gasteiger partial charge in [0.15, 0.2) is 12.4 Å². The van der Waals surface area contributed by atoms with Crippen molar-refractivity contribution >= 4 is 18.2 Å². The second-order valence-corrected chi connectivity index (χ2v) is 14.0. The molecule has 11 nitrogen and oxygen atoms in total. The molecule has 1 saturated heterocycles. The van der Waals surface area contributed by atoms with Gasteiger partial charge in [0.25, 0.3) is 0 Å². The summed E-state index contributed by atoms with van der Waals surface area (Å²) in [5, 5.41) is 44.9. The SMILES string of the molecule is CC(=O)O[C@@H]1[C@@H](O)[C@@H](C)O[C@@H](O[C@H]2CC[C@@]3(C=O)[C@H](CC[C@H]4[C@H]3CC[C@]3(C)[C@@H](C5=CC(=O)OC5)[C@@H](O)C[C@]43O)C2)[C@@H]1O. The van der Waals surface area contributed by atoms with E-state index in [0.717, 1.165) is 18.3 Å². The molecular formula is C31H44O11. The normalized spacial score (nSPS) is 51.9. The first-order chi connectivity index (χ1) is 19.8. The zero-order chi connectivity index (χ0) is 30.2. The van der Waals surface area contributed by atoms with E-state index in [1.54, 1.807) is 6.92 Å². The van der Waals surface area contributed by atoms with Gasteiger partial charge >= 0.3 is 11.9 Å². The highest BCUT2D eigenvalue weighted by atomic mass is 16.7. The summed E-state index contributed by atoms with van der Waals surface area (Å²) < 4.78 is 22.3. The van der Waals surface area contributed by atoms with Crippen molar-refractivity contribution in [1.82, 2.24) is 0 Å². The Kier molecular flexibility index (Phi) is 7.63. The molecule has 4 aliphatic carbocycles. The van der Waals surface area contributed by atoms with Gasteiger partial charge in [-0.1, -0.05) is 6.92 Å². The molecule has 0 amide bonds. The maximum atomic E-state index is 13.0. The van der Waals surface area contributed by atoms with Crippen molar-refractivity contribution in [3.63, 3.8) is 0 Å². The summed E-state index contributed by atoms with van der Waals surface area (Å²) in [6.07, 6.45) is 0.603. The molecule has 6 rings (SSSR count). The molecule has 4 saturated carbocycles. The topological polar surface area (TPSA) is 169 Å². The summed E-state index contributed by atoms with van der Waals surface area (Å²) in [5.74, 6) is -1.60. The number of fused-ring (bicyclic) bond motifs is 5. The van der Waals surface area contributed by atoms with Gasteiger partial charge in [0, 0.05) is 36.2 Å². The van der Waals surface area contributed by atoms with Crippen LogP contribution in [0.2, 0.25) is 0 Å². The first kappa shape index (κ1) is 30.1. The van der Waals surface area contributed by atoms with Crippen LogP contribution in [0.4, 0.5) is 0 Å². The number of carbonyl (C=O) groups is 3. The summed E-state index contributed by atoms with van der Waals surface area (Å²) in [6, 6.07) is 0. The van der Waals surface area contributed by atoms with Gasteiger partial charge in [-0.25, -0.2) is 4.79 Å². The molecule has 14 atom stereocenters. The number of rotatable bonds is 5. The molecule has 5 fully saturated rings. The lowest BCUT2D eigenvalue weighted by Gasteiger charge is -2.63. The van der Waals surface area contributed by atoms with E-state index in [1.165, 1.54) is 13.0 Å². The van der Waals surface area contributed by atoms with E-state index >= 15 is 0 Å². The molecule has 0 aromatic carbocycles. The van der Waals surface area contributed by atoms with Crippen molar-refractivity contribution in [3.8, 4) is 0 Å². The molecule has 2 heterocycles. The largest absolute Gasteiger partial charge is 0.458 e. The number of aliphatic hydroxyl groups excluding tert-OH is 3. The van der Waals surface area contributed by atoms with Gasteiger partial charge in [-0.15, -0.1) is 0 Å². The monoisotopic (exact) mass is 592 g/mol. The summed E-state index contributed by atoms with van der Waals surface area (Å²) in [5.41, 5.74) is -1.71. The van der Waals surface area contributed by atoms with Gasteiger partial charge in [0.1, 0.15) is 25.1 Å². The van der Waals surface area contributed by atoms with E-state index in [-0.39, 0.29) is 42.8 Å². The fourth-order valence-electron chi connectivity index (χ4n) is 10.1. The van der Waals surface area contributed by atoms with Crippen LogP contribution in [0.25, 0.3) is 0 Å². The number of hydrogen-bond acceptors (Lipinski definition) is 11. The number of aldehydes is 1. The first-order valence-electron chi connectivity index (χ1n) is 15.4. The van der Waals surface area contributed by atoms with E-state index in [2.05, 4.69) is 0 Å². The molecule has 0 unspecified atom stereocenters. The Morgan fingerprint density at radius 1 is 1.10 bits per heavy atom. The van der Waals surface area contributed by atoms with E-state index < -0.39 is 65.2 Å². The third-order valence-electron chi connectivity index (χ3n) is 12.1. The van der Waals surface area contributed by atoms with Crippen LogP contribution in [0.5, 0.6) is 0 Å². The van der Waals surface area contributed by atoms with Gasteiger partial charge in [0.2, 0.25) is 0 Å². The highest BCUT2D eigenvalue weighted by Gasteiger charge is 2.71. The quantitative estimate of drug-likeness (QED) is 0.205. The van der Waals surface area contributed by atoms with Crippen molar-refractivity contribution in [2.75, 3.05) is 6.61 Å². The van der Waals surface area contributed by atoms with Crippen molar-refractivity contribution < 1.29 is 53.8 Å². The molecule has 0 aromatic heterocycles. The molecule has 0 radical (unpaired) electrons. The van der Waals surface area contributed by atoms with Crippen molar-refractivity contribution in [2.24, 2.45) is 34.5 Å². The molecule has 0 spiro atoms. The smallest absolute Gasteiger partial charge is 0.331 e. The van der Waals surface area contributed by atoms with Crippen LogP contribution in [-0.4, -0.2) is 93.8 Å². The molecule has 0 aromatic rings. The third-order valence-corrected chi connectivity index (χ3v) is 12.1. The predicted octanol–water partition coefficient (Wildman–Crippen LogP) is 1.18. The molecule has 4 N–H and O–H groups in total. The molecule has 11 heteroatoms. The van der Waals surface area contributed by atoms with Crippen molar-refractivity contribution in [3.05, 3.63) is 11.6 Å². The Bertz CT molecular complexity index is 1140. The highest BCUT2D eigenvalue weighted by molar-refractivity contribution is 5.85. The summed E-state index contributed by atoms with van der Waals surface area (Å²) >= 11 is 0. The maximum Gasteiger partial charge on any atom is 0.331 e. The Labute approximate surface area is 245 Å². The average Bonchev–Trinajstić information content (AvgIpc) is 3.45. The molecular weight excluding hydrogens is 548 g/mol. The lowest BCUT2D eigenvalue weighted by molar-refractivity contribution is -0.311. The van der Waals surface area contributed by atoms with Gasteiger partial charge in [0.05, 0.1) is 23.9 Å². The average molecular weight is 593 g/mol.